The summed E-state index contributed by atoms with van der Waals surface area (Å²) in [7, 11) is 0. The number of nitrogens with one attached hydrogen (secondary N) is 1. The van der Waals surface area contributed by atoms with E-state index < -0.39 is 0 Å². The lowest BCUT2D eigenvalue weighted by atomic mass is 10.2. The highest BCUT2D eigenvalue weighted by Gasteiger charge is 2.21. The first kappa shape index (κ1) is 7.56. The molecule has 2 fully saturated rings. The zero-order valence-electron chi connectivity index (χ0n) is 7.01. The monoisotopic (exact) mass is 155 g/mol. The first-order chi connectivity index (χ1) is 5.45. The van der Waals surface area contributed by atoms with E-state index in [2.05, 4.69) is 5.32 Å². The summed E-state index contributed by atoms with van der Waals surface area (Å²) in [6.07, 6.45) is 5.93. The lowest BCUT2D eigenvalue weighted by molar-refractivity contribution is 0.110. The molecule has 2 aliphatic rings. The summed E-state index contributed by atoms with van der Waals surface area (Å²) in [6, 6.07) is 0. The quantitative estimate of drug-likeness (QED) is 0.658. The molecule has 0 unspecified atom stereocenters. The molecule has 1 aliphatic carbocycles. The molecule has 1 aliphatic heterocycles. The average molecular weight is 155 g/mol. The van der Waals surface area contributed by atoms with E-state index in [1.165, 1.54) is 32.2 Å². The highest BCUT2D eigenvalue weighted by molar-refractivity contribution is 4.76. The van der Waals surface area contributed by atoms with Gasteiger partial charge in [0.25, 0.3) is 0 Å². The summed E-state index contributed by atoms with van der Waals surface area (Å²) >= 11 is 0. The van der Waals surface area contributed by atoms with Crippen molar-refractivity contribution in [1.29, 1.82) is 0 Å². The van der Waals surface area contributed by atoms with E-state index >= 15 is 0 Å². The molecule has 1 N–H and O–H groups in total. The zero-order chi connectivity index (χ0) is 7.52. The lowest BCUT2D eigenvalue weighted by Gasteiger charge is -2.09. The molecule has 2 heteroatoms. The van der Waals surface area contributed by atoms with Gasteiger partial charge >= 0.3 is 0 Å². The fraction of sp³-hybridized carbons (Fsp3) is 1.00. The molecule has 11 heavy (non-hydrogen) atoms. The summed E-state index contributed by atoms with van der Waals surface area (Å²) < 4.78 is 5.49. The summed E-state index contributed by atoms with van der Waals surface area (Å²) in [5.74, 6) is 0.997. The van der Waals surface area contributed by atoms with Gasteiger partial charge in [0, 0.05) is 13.2 Å². The van der Waals surface area contributed by atoms with Crippen LogP contribution in [0.1, 0.15) is 25.7 Å². The van der Waals surface area contributed by atoms with Crippen molar-refractivity contribution in [2.24, 2.45) is 5.92 Å². The molecule has 1 heterocycles. The molecule has 2 nitrogen and oxygen atoms in total. The van der Waals surface area contributed by atoms with Crippen molar-refractivity contribution < 1.29 is 4.74 Å². The molecular formula is C9H17NO. The second-order valence-electron chi connectivity index (χ2n) is 3.74. The molecule has 0 aromatic heterocycles. The summed E-state index contributed by atoms with van der Waals surface area (Å²) in [4.78, 5) is 0. The minimum Gasteiger partial charge on any atom is -0.377 e. The third-order valence-corrected chi connectivity index (χ3v) is 2.53. The molecule has 0 aromatic rings. The fourth-order valence-electron chi connectivity index (χ4n) is 1.58. The van der Waals surface area contributed by atoms with Gasteiger partial charge in [-0.3, -0.25) is 0 Å². The Morgan fingerprint density at radius 1 is 1.18 bits per heavy atom. The van der Waals surface area contributed by atoms with E-state index in [1.807, 2.05) is 0 Å². The second kappa shape index (κ2) is 3.55. The Morgan fingerprint density at radius 2 is 2.09 bits per heavy atom. The smallest absolute Gasteiger partial charge is 0.0700 e. The first-order valence-corrected chi connectivity index (χ1v) is 4.77. The Bertz CT molecular complexity index is 117. The van der Waals surface area contributed by atoms with Gasteiger partial charge in [-0.2, -0.15) is 0 Å². The SMILES string of the molecule is C1CO[C@@H](CNCC2CC2)C1. The van der Waals surface area contributed by atoms with Gasteiger partial charge in [-0.25, -0.2) is 0 Å². The van der Waals surface area contributed by atoms with Gasteiger partial charge in [0.1, 0.15) is 0 Å². The van der Waals surface area contributed by atoms with Crippen molar-refractivity contribution in [3.8, 4) is 0 Å². The van der Waals surface area contributed by atoms with E-state index in [-0.39, 0.29) is 0 Å². The van der Waals surface area contributed by atoms with Crippen molar-refractivity contribution in [1.82, 2.24) is 5.32 Å². The van der Waals surface area contributed by atoms with Crippen LogP contribution < -0.4 is 5.32 Å². The molecule has 0 amide bonds. The Morgan fingerprint density at radius 3 is 2.73 bits per heavy atom. The lowest BCUT2D eigenvalue weighted by Crippen LogP contribution is -2.27. The van der Waals surface area contributed by atoms with Crippen LogP contribution in [0.5, 0.6) is 0 Å². The molecular weight excluding hydrogens is 138 g/mol. The van der Waals surface area contributed by atoms with E-state index in [0.717, 1.165) is 19.1 Å². The van der Waals surface area contributed by atoms with Crippen molar-refractivity contribution in [3.05, 3.63) is 0 Å². The van der Waals surface area contributed by atoms with Gasteiger partial charge in [-0.15, -0.1) is 0 Å². The Labute approximate surface area is 68.3 Å². The van der Waals surface area contributed by atoms with Gasteiger partial charge in [-0.1, -0.05) is 0 Å². The minimum atomic E-state index is 0.522. The van der Waals surface area contributed by atoms with Crippen LogP contribution in [0, 0.1) is 5.92 Å². The van der Waals surface area contributed by atoms with E-state index in [0.29, 0.717) is 6.10 Å². The molecule has 0 spiro atoms. The minimum absolute atomic E-state index is 0.522. The maximum Gasteiger partial charge on any atom is 0.0700 e. The largest absolute Gasteiger partial charge is 0.377 e. The maximum absolute atomic E-state index is 5.49. The number of hydrogen-bond acceptors (Lipinski definition) is 2. The van der Waals surface area contributed by atoms with Gasteiger partial charge < -0.3 is 10.1 Å². The van der Waals surface area contributed by atoms with Crippen LogP contribution in [0.4, 0.5) is 0 Å². The molecule has 0 bridgehead atoms. The topological polar surface area (TPSA) is 21.3 Å². The van der Waals surface area contributed by atoms with Gasteiger partial charge in [0.2, 0.25) is 0 Å². The van der Waals surface area contributed by atoms with Crippen molar-refractivity contribution in [3.63, 3.8) is 0 Å². The van der Waals surface area contributed by atoms with Crippen LogP contribution in [0.25, 0.3) is 0 Å². The Balaban J connectivity index is 1.51. The number of hydrogen-bond donors (Lipinski definition) is 1. The van der Waals surface area contributed by atoms with E-state index in [9.17, 15) is 0 Å². The van der Waals surface area contributed by atoms with Gasteiger partial charge in [0.05, 0.1) is 6.10 Å². The summed E-state index contributed by atoms with van der Waals surface area (Å²) in [5.41, 5.74) is 0. The van der Waals surface area contributed by atoms with Crippen LogP contribution in [0.15, 0.2) is 0 Å². The molecule has 0 radical (unpaired) electrons. The molecule has 1 atom stereocenters. The first-order valence-electron chi connectivity index (χ1n) is 4.77. The average Bonchev–Trinajstić information content (AvgIpc) is 2.66. The van der Waals surface area contributed by atoms with Crippen LogP contribution in [-0.4, -0.2) is 25.8 Å². The fourth-order valence-corrected chi connectivity index (χ4v) is 1.58. The summed E-state index contributed by atoms with van der Waals surface area (Å²) in [5, 5.41) is 3.46. The normalized spacial score (nSPS) is 31.1. The van der Waals surface area contributed by atoms with Crippen LogP contribution in [0.2, 0.25) is 0 Å². The standard InChI is InChI=1S/C9H17NO/c1-2-9(11-5-1)7-10-6-8-3-4-8/h8-10H,1-7H2/t9-/m1/s1. The second-order valence-corrected chi connectivity index (χ2v) is 3.74. The molecule has 1 saturated heterocycles. The van der Waals surface area contributed by atoms with Crippen molar-refractivity contribution in [2.75, 3.05) is 19.7 Å². The molecule has 64 valence electrons. The van der Waals surface area contributed by atoms with E-state index in [4.69, 9.17) is 4.74 Å². The predicted molar refractivity (Wildman–Crippen MR) is 44.6 cm³/mol. The number of ether oxygens (including phenoxy) is 1. The zero-order valence-corrected chi connectivity index (χ0v) is 7.01. The third kappa shape index (κ3) is 2.46. The molecule has 2 rings (SSSR count). The third-order valence-electron chi connectivity index (χ3n) is 2.53. The van der Waals surface area contributed by atoms with E-state index in [1.54, 1.807) is 0 Å². The van der Waals surface area contributed by atoms with Crippen LogP contribution in [-0.2, 0) is 4.74 Å². The Kier molecular flexibility index (Phi) is 2.44. The molecule has 1 saturated carbocycles. The predicted octanol–water partition coefficient (Wildman–Crippen LogP) is 1.16. The summed E-state index contributed by atoms with van der Waals surface area (Å²) in [6.45, 7) is 3.28. The highest BCUT2D eigenvalue weighted by Crippen LogP contribution is 2.27. The van der Waals surface area contributed by atoms with Gasteiger partial charge in [-0.05, 0) is 38.1 Å². The number of rotatable bonds is 4. The Hall–Kier alpha value is -0.0800. The van der Waals surface area contributed by atoms with Gasteiger partial charge in [0.15, 0.2) is 0 Å². The van der Waals surface area contributed by atoms with Crippen LogP contribution in [0.3, 0.4) is 0 Å². The maximum atomic E-state index is 5.49. The highest BCUT2D eigenvalue weighted by atomic mass is 16.5. The molecule has 0 aromatic carbocycles. The van der Waals surface area contributed by atoms with Crippen molar-refractivity contribution in [2.45, 2.75) is 31.8 Å². The van der Waals surface area contributed by atoms with Crippen LogP contribution >= 0.6 is 0 Å². The van der Waals surface area contributed by atoms with Crippen molar-refractivity contribution >= 4 is 0 Å².